The van der Waals surface area contributed by atoms with Crippen molar-refractivity contribution in [1.82, 2.24) is 15.0 Å². The number of hydrogen-bond acceptors (Lipinski definition) is 7. The summed E-state index contributed by atoms with van der Waals surface area (Å²) < 4.78 is 0. The minimum absolute atomic E-state index is 0.183. The number of nitriles is 1. The fourth-order valence-corrected chi connectivity index (χ4v) is 2.73. The topological polar surface area (TPSA) is 107 Å². The van der Waals surface area contributed by atoms with E-state index in [1.807, 2.05) is 13.8 Å². The van der Waals surface area contributed by atoms with Crippen LogP contribution in [0.4, 0.5) is 11.8 Å². The average Bonchev–Trinajstić information content (AvgIpc) is 2.49. The van der Waals surface area contributed by atoms with Crippen LogP contribution in [0.3, 0.4) is 0 Å². The van der Waals surface area contributed by atoms with Crippen molar-refractivity contribution < 1.29 is 5.11 Å². The van der Waals surface area contributed by atoms with Crippen molar-refractivity contribution in [3.8, 4) is 6.07 Å². The number of aliphatic hydroxyl groups excluding tert-OH is 1. The van der Waals surface area contributed by atoms with Gasteiger partial charge in [0.15, 0.2) is 5.82 Å². The molecule has 1 aliphatic carbocycles. The highest BCUT2D eigenvalue weighted by molar-refractivity contribution is 5.89. The molecule has 7 nitrogen and oxygen atoms in total. The van der Waals surface area contributed by atoms with Crippen LogP contribution in [0.15, 0.2) is 12.3 Å². The van der Waals surface area contributed by atoms with Gasteiger partial charge in [0.05, 0.1) is 0 Å². The highest BCUT2D eigenvalue weighted by Crippen LogP contribution is 2.29. The number of nitrogens with zero attached hydrogens (tertiary/aromatic N) is 4. The van der Waals surface area contributed by atoms with E-state index in [2.05, 4.69) is 31.7 Å². The number of rotatable bonds is 5. The smallest absolute Gasteiger partial charge is 0.223 e. The van der Waals surface area contributed by atoms with E-state index in [0.717, 1.165) is 18.2 Å². The van der Waals surface area contributed by atoms with Crippen molar-refractivity contribution in [3.63, 3.8) is 0 Å². The van der Waals surface area contributed by atoms with Gasteiger partial charge in [-0.1, -0.05) is 0 Å². The van der Waals surface area contributed by atoms with E-state index in [0.29, 0.717) is 34.9 Å². The van der Waals surface area contributed by atoms with Crippen LogP contribution in [0.1, 0.15) is 32.4 Å². The lowest BCUT2D eigenvalue weighted by atomic mass is 9.81. The van der Waals surface area contributed by atoms with Gasteiger partial charge in [-0.2, -0.15) is 5.26 Å². The predicted octanol–water partition coefficient (Wildman–Crippen LogP) is 1.90. The second-order valence-electron chi connectivity index (χ2n) is 6.26. The van der Waals surface area contributed by atoms with E-state index in [1.165, 1.54) is 0 Å². The summed E-state index contributed by atoms with van der Waals surface area (Å²) >= 11 is 0. The first-order valence-corrected chi connectivity index (χ1v) is 7.81. The zero-order valence-corrected chi connectivity index (χ0v) is 13.2. The maximum absolute atomic E-state index is 9.10. The van der Waals surface area contributed by atoms with Crippen LogP contribution >= 0.6 is 0 Å². The largest absolute Gasteiger partial charge is 0.396 e. The molecule has 0 atom stereocenters. The van der Waals surface area contributed by atoms with Crippen molar-refractivity contribution in [1.29, 1.82) is 5.26 Å². The van der Waals surface area contributed by atoms with E-state index in [1.54, 1.807) is 12.3 Å². The number of anilines is 2. The lowest BCUT2D eigenvalue weighted by Crippen LogP contribution is -2.37. The molecule has 120 valence electrons. The normalized spacial score (nSPS) is 20.1. The van der Waals surface area contributed by atoms with Crippen LogP contribution in [-0.4, -0.2) is 38.7 Å². The zero-order valence-electron chi connectivity index (χ0n) is 13.2. The lowest BCUT2D eigenvalue weighted by molar-refractivity contribution is 0.151. The van der Waals surface area contributed by atoms with Gasteiger partial charge in [-0.25, -0.2) is 15.0 Å². The monoisotopic (exact) mass is 312 g/mol. The first kappa shape index (κ1) is 15.4. The molecule has 0 aromatic carbocycles. The Bertz CT molecular complexity index is 748. The molecule has 23 heavy (non-hydrogen) atoms. The Kier molecular flexibility index (Phi) is 4.26. The Labute approximate surface area is 134 Å². The van der Waals surface area contributed by atoms with Crippen LogP contribution in [-0.2, 0) is 0 Å². The molecule has 3 rings (SSSR count). The van der Waals surface area contributed by atoms with Crippen molar-refractivity contribution in [2.45, 2.75) is 38.8 Å². The van der Waals surface area contributed by atoms with Gasteiger partial charge in [0, 0.05) is 30.3 Å². The molecule has 0 aliphatic heterocycles. The molecule has 1 saturated carbocycles. The Hall–Kier alpha value is -2.46. The lowest BCUT2D eigenvalue weighted by Gasteiger charge is -2.34. The van der Waals surface area contributed by atoms with Gasteiger partial charge in [0.2, 0.25) is 5.95 Å². The van der Waals surface area contributed by atoms with Gasteiger partial charge >= 0.3 is 0 Å². The Morgan fingerprint density at radius 3 is 2.83 bits per heavy atom. The van der Waals surface area contributed by atoms with Crippen LogP contribution in [0, 0.1) is 17.2 Å². The van der Waals surface area contributed by atoms with E-state index in [-0.39, 0.29) is 12.6 Å². The summed E-state index contributed by atoms with van der Waals surface area (Å²) in [5.74, 6) is 1.53. The van der Waals surface area contributed by atoms with Gasteiger partial charge in [-0.3, -0.25) is 0 Å². The van der Waals surface area contributed by atoms with E-state index in [9.17, 15) is 0 Å². The molecular formula is C16H20N6O. The number of hydrogen-bond donors (Lipinski definition) is 3. The van der Waals surface area contributed by atoms with Crippen LogP contribution < -0.4 is 10.6 Å². The van der Waals surface area contributed by atoms with Crippen molar-refractivity contribution in [3.05, 3.63) is 18.0 Å². The van der Waals surface area contributed by atoms with Crippen LogP contribution in [0.5, 0.6) is 0 Å². The van der Waals surface area contributed by atoms with Gasteiger partial charge < -0.3 is 15.7 Å². The summed E-state index contributed by atoms with van der Waals surface area (Å²) in [6.07, 6.45) is 3.57. The van der Waals surface area contributed by atoms with Gasteiger partial charge in [0.25, 0.3) is 0 Å². The maximum Gasteiger partial charge on any atom is 0.223 e. The highest BCUT2D eigenvalue weighted by atomic mass is 16.3. The molecule has 0 saturated heterocycles. The predicted molar refractivity (Wildman–Crippen MR) is 88.0 cm³/mol. The summed E-state index contributed by atoms with van der Waals surface area (Å²) in [5.41, 5.74) is 1.04. The van der Waals surface area contributed by atoms with Gasteiger partial charge in [-0.05, 0) is 38.7 Å². The molecule has 0 amide bonds. The maximum atomic E-state index is 9.10. The fraction of sp³-hybridized carbons (Fsp3) is 0.500. The minimum Gasteiger partial charge on any atom is -0.396 e. The molecule has 0 spiro atoms. The molecule has 0 bridgehead atoms. The third-order valence-corrected chi connectivity index (χ3v) is 3.93. The average molecular weight is 312 g/mol. The third kappa shape index (κ3) is 3.32. The number of fused-ring (bicyclic) bond motifs is 1. The van der Waals surface area contributed by atoms with Gasteiger partial charge in [0.1, 0.15) is 17.3 Å². The minimum atomic E-state index is 0.183. The second-order valence-corrected chi connectivity index (χ2v) is 6.26. The molecule has 0 unspecified atom stereocenters. The van der Waals surface area contributed by atoms with Crippen molar-refractivity contribution >= 4 is 22.7 Å². The van der Waals surface area contributed by atoms with Crippen LogP contribution in [0.2, 0.25) is 0 Å². The molecule has 1 fully saturated rings. The number of aliphatic hydroxyl groups is 1. The molecule has 2 heterocycles. The molecule has 7 heteroatoms. The van der Waals surface area contributed by atoms with E-state index < -0.39 is 0 Å². The second kappa shape index (κ2) is 6.34. The fourth-order valence-electron chi connectivity index (χ4n) is 2.73. The molecule has 0 radical (unpaired) electrons. The molecular weight excluding hydrogens is 292 g/mol. The summed E-state index contributed by atoms with van der Waals surface area (Å²) in [6.45, 7) is 4.26. The van der Waals surface area contributed by atoms with Crippen molar-refractivity contribution in [2.24, 2.45) is 5.92 Å². The first-order chi connectivity index (χ1) is 11.1. The number of pyridine rings is 1. The summed E-state index contributed by atoms with van der Waals surface area (Å²) in [5, 5.41) is 25.5. The Morgan fingerprint density at radius 1 is 1.39 bits per heavy atom. The number of nitrogens with one attached hydrogen (secondary N) is 2. The third-order valence-electron chi connectivity index (χ3n) is 3.93. The Balaban J connectivity index is 1.89. The van der Waals surface area contributed by atoms with Crippen LogP contribution in [0.25, 0.3) is 10.9 Å². The molecule has 2 aromatic heterocycles. The number of aromatic nitrogens is 3. The Morgan fingerprint density at radius 2 is 2.17 bits per heavy atom. The summed E-state index contributed by atoms with van der Waals surface area (Å²) in [6, 6.07) is 4.24. The highest BCUT2D eigenvalue weighted by Gasteiger charge is 2.28. The van der Waals surface area contributed by atoms with Gasteiger partial charge in [-0.15, -0.1) is 0 Å². The van der Waals surface area contributed by atoms with E-state index >= 15 is 0 Å². The SMILES string of the molecule is CC(C)Nc1nc(C#N)cc2cnc(N[C@H]3C[C@@H](CO)C3)nc12. The molecule has 3 N–H and O–H groups in total. The van der Waals surface area contributed by atoms with E-state index in [4.69, 9.17) is 10.4 Å². The molecule has 1 aliphatic rings. The van der Waals surface area contributed by atoms with Crippen molar-refractivity contribution in [2.75, 3.05) is 17.2 Å². The quantitative estimate of drug-likeness (QED) is 0.774. The summed E-state index contributed by atoms with van der Waals surface area (Å²) in [7, 11) is 0. The molecule has 2 aromatic rings. The first-order valence-electron chi connectivity index (χ1n) is 7.81. The standard InChI is InChI=1S/C16H20N6O/c1-9(2)19-15-14-11(5-13(6-17)20-15)7-18-16(22-14)21-12-3-10(4-12)8-23/h5,7,9-10,12,23H,3-4,8H2,1-2H3,(H,19,20)(H,18,21,22)/t10-,12+. The summed E-state index contributed by atoms with van der Waals surface area (Å²) in [4.78, 5) is 13.2. The zero-order chi connectivity index (χ0) is 16.4.